The van der Waals surface area contributed by atoms with Crippen molar-refractivity contribution in [2.24, 2.45) is 0 Å². The van der Waals surface area contributed by atoms with Crippen LogP contribution in [0.4, 0.5) is 10.6 Å². The summed E-state index contributed by atoms with van der Waals surface area (Å²) in [7, 11) is 0. The minimum Gasteiger partial charge on any atom is -0.450 e. The Morgan fingerprint density at radius 2 is 2.24 bits per heavy atom. The molecule has 0 spiro atoms. The third-order valence-corrected chi connectivity index (χ3v) is 3.69. The molecule has 1 fully saturated rings. The van der Waals surface area contributed by atoms with Gasteiger partial charge in [0.05, 0.1) is 12.8 Å². The van der Waals surface area contributed by atoms with Crippen LogP contribution in [0.2, 0.25) is 0 Å². The molecule has 0 aromatic carbocycles. The Hall–Kier alpha value is -2.31. The van der Waals surface area contributed by atoms with Gasteiger partial charge in [0, 0.05) is 31.5 Å². The summed E-state index contributed by atoms with van der Waals surface area (Å²) in [5, 5.41) is 7.65. The number of hydrogen-bond acceptors (Lipinski definition) is 5. The zero-order valence-corrected chi connectivity index (χ0v) is 12.0. The average Bonchev–Trinajstić information content (AvgIpc) is 2.98. The molecule has 1 saturated heterocycles. The molecule has 7 heteroatoms. The highest BCUT2D eigenvalue weighted by molar-refractivity contribution is 5.68. The van der Waals surface area contributed by atoms with Crippen molar-refractivity contribution in [3.63, 3.8) is 0 Å². The minimum absolute atomic E-state index is 0.216. The molecule has 1 aliphatic rings. The summed E-state index contributed by atoms with van der Waals surface area (Å²) >= 11 is 0. The van der Waals surface area contributed by atoms with E-state index in [4.69, 9.17) is 4.74 Å². The maximum Gasteiger partial charge on any atom is 0.409 e. The lowest BCUT2D eigenvalue weighted by atomic mass is 10.1. The number of piperidine rings is 1. The van der Waals surface area contributed by atoms with Gasteiger partial charge in [-0.3, -0.25) is 0 Å². The maximum atomic E-state index is 11.7. The van der Waals surface area contributed by atoms with Crippen LogP contribution in [0, 0.1) is 0 Å². The smallest absolute Gasteiger partial charge is 0.409 e. The normalized spacial score (nSPS) is 16.1. The molecule has 2 aromatic heterocycles. The fourth-order valence-corrected chi connectivity index (χ4v) is 2.58. The van der Waals surface area contributed by atoms with E-state index in [9.17, 15) is 4.79 Å². The number of fused-ring (bicyclic) bond motifs is 1. The van der Waals surface area contributed by atoms with Crippen molar-refractivity contribution in [1.82, 2.24) is 19.5 Å². The molecule has 0 radical (unpaired) electrons. The lowest BCUT2D eigenvalue weighted by Crippen LogP contribution is -2.42. The quantitative estimate of drug-likeness (QED) is 0.932. The topological polar surface area (TPSA) is 71.8 Å². The molecule has 0 aliphatic carbocycles. The summed E-state index contributed by atoms with van der Waals surface area (Å²) in [6.07, 6.45) is 6.86. The Kier molecular flexibility index (Phi) is 3.89. The van der Waals surface area contributed by atoms with Gasteiger partial charge in [-0.05, 0) is 25.8 Å². The van der Waals surface area contributed by atoms with Crippen LogP contribution in [-0.2, 0) is 4.74 Å². The number of aromatic nitrogens is 3. The summed E-state index contributed by atoms with van der Waals surface area (Å²) in [4.78, 5) is 17.8. The number of rotatable bonds is 3. The van der Waals surface area contributed by atoms with Crippen molar-refractivity contribution >= 4 is 17.4 Å². The first-order chi connectivity index (χ1) is 10.3. The van der Waals surface area contributed by atoms with Gasteiger partial charge in [0.2, 0.25) is 0 Å². The Morgan fingerprint density at radius 3 is 3.00 bits per heavy atom. The van der Waals surface area contributed by atoms with E-state index in [-0.39, 0.29) is 6.09 Å². The predicted octanol–water partition coefficient (Wildman–Crippen LogP) is 1.76. The summed E-state index contributed by atoms with van der Waals surface area (Å²) in [6.45, 7) is 3.66. The zero-order chi connectivity index (χ0) is 14.7. The number of carbonyl (C=O) groups is 1. The highest BCUT2D eigenvalue weighted by atomic mass is 16.6. The molecule has 2 aromatic rings. The molecule has 0 unspecified atom stereocenters. The molecular formula is C14H19N5O2. The Labute approximate surface area is 122 Å². The monoisotopic (exact) mass is 289 g/mol. The first kappa shape index (κ1) is 13.7. The molecule has 7 nitrogen and oxygen atoms in total. The molecule has 3 rings (SSSR count). The third kappa shape index (κ3) is 2.91. The number of nitrogens with zero attached hydrogens (tertiary/aromatic N) is 4. The third-order valence-electron chi connectivity index (χ3n) is 3.69. The number of nitrogens with one attached hydrogen (secondary N) is 1. The van der Waals surface area contributed by atoms with Gasteiger partial charge in [0.1, 0.15) is 5.52 Å². The molecule has 0 atom stereocenters. The first-order valence-corrected chi connectivity index (χ1v) is 7.24. The first-order valence-electron chi connectivity index (χ1n) is 7.24. The molecular weight excluding hydrogens is 270 g/mol. The van der Waals surface area contributed by atoms with Gasteiger partial charge >= 0.3 is 6.09 Å². The van der Waals surface area contributed by atoms with Gasteiger partial charge in [0.15, 0.2) is 5.82 Å². The van der Waals surface area contributed by atoms with Crippen LogP contribution < -0.4 is 5.32 Å². The van der Waals surface area contributed by atoms with Gasteiger partial charge < -0.3 is 15.0 Å². The Balaban J connectivity index is 1.60. The standard InChI is InChI=1S/C14H19N5O2/c1-2-21-14(20)18-8-4-11(5-9-18)17-13-12-3-6-16-19(12)10-7-15-13/h3,6-7,10-11H,2,4-5,8-9H2,1H3,(H,15,17). The molecule has 1 aliphatic heterocycles. The minimum atomic E-state index is -0.216. The van der Waals surface area contributed by atoms with Crippen molar-refractivity contribution in [1.29, 1.82) is 0 Å². The molecule has 1 N–H and O–H groups in total. The lowest BCUT2D eigenvalue weighted by molar-refractivity contribution is 0.0983. The Bertz CT molecular complexity index is 619. The van der Waals surface area contributed by atoms with Crippen molar-refractivity contribution < 1.29 is 9.53 Å². The van der Waals surface area contributed by atoms with Crippen molar-refractivity contribution in [2.75, 3.05) is 25.0 Å². The van der Waals surface area contributed by atoms with Crippen LogP contribution in [0.1, 0.15) is 19.8 Å². The van der Waals surface area contributed by atoms with Gasteiger partial charge in [-0.2, -0.15) is 5.10 Å². The molecule has 1 amide bonds. The van der Waals surface area contributed by atoms with Gasteiger partial charge in [-0.15, -0.1) is 0 Å². The second-order valence-corrected chi connectivity index (χ2v) is 5.04. The SMILES string of the molecule is CCOC(=O)N1CCC(Nc2nccn3nccc23)CC1. The van der Waals surface area contributed by atoms with Crippen LogP contribution in [0.25, 0.3) is 5.52 Å². The highest BCUT2D eigenvalue weighted by Crippen LogP contribution is 2.19. The van der Waals surface area contributed by atoms with Crippen LogP contribution in [0.15, 0.2) is 24.7 Å². The largest absolute Gasteiger partial charge is 0.450 e. The van der Waals surface area contributed by atoms with Crippen LogP contribution in [0.5, 0.6) is 0 Å². The summed E-state index contributed by atoms with van der Waals surface area (Å²) in [6, 6.07) is 2.24. The van der Waals surface area contributed by atoms with E-state index in [1.54, 1.807) is 21.8 Å². The van der Waals surface area contributed by atoms with Gasteiger partial charge in [-0.25, -0.2) is 14.3 Å². The van der Waals surface area contributed by atoms with Crippen molar-refractivity contribution in [3.05, 3.63) is 24.7 Å². The van der Waals surface area contributed by atoms with Gasteiger partial charge in [0.25, 0.3) is 0 Å². The second kappa shape index (κ2) is 5.99. The number of likely N-dealkylation sites (tertiary alicyclic amines) is 1. The fraction of sp³-hybridized carbons (Fsp3) is 0.500. The number of anilines is 1. The van der Waals surface area contributed by atoms with E-state index < -0.39 is 0 Å². The van der Waals surface area contributed by atoms with E-state index >= 15 is 0 Å². The summed E-state index contributed by atoms with van der Waals surface area (Å²) in [5.74, 6) is 0.838. The molecule has 0 bridgehead atoms. The predicted molar refractivity (Wildman–Crippen MR) is 78.2 cm³/mol. The van der Waals surface area contributed by atoms with Crippen LogP contribution >= 0.6 is 0 Å². The van der Waals surface area contributed by atoms with E-state index in [0.29, 0.717) is 25.7 Å². The zero-order valence-electron chi connectivity index (χ0n) is 12.0. The van der Waals surface area contributed by atoms with E-state index in [2.05, 4.69) is 15.4 Å². The van der Waals surface area contributed by atoms with Crippen LogP contribution in [-0.4, -0.2) is 51.3 Å². The molecule has 3 heterocycles. The Morgan fingerprint density at radius 1 is 1.43 bits per heavy atom. The summed E-state index contributed by atoms with van der Waals surface area (Å²) < 4.78 is 6.82. The van der Waals surface area contributed by atoms with Crippen molar-refractivity contribution in [3.8, 4) is 0 Å². The van der Waals surface area contributed by atoms with E-state index in [1.807, 2.05) is 19.2 Å². The second-order valence-electron chi connectivity index (χ2n) is 5.04. The number of ether oxygens (including phenoxy) is 1. The molecule has 112 valence electrons. The van der Waals surface area contributed by atoms with Crippen molar-refractivity contribution in [2.45, 2.75) is 25.8 Å². The lowest BCUT2D eigenvalue weighted by Gasteiger charge is -2.31. The van der Waals surface area contributed by atoms with E-state index in [1.165, 1.54) is 0 Å². The summed E-state index contributed by atoms with van der Waals surface area (Å²) in [5.41, 5.74) is 0.963. The van der Waals surface area contributed by atoms with Crippen LogP contribution in [0.3, 0.4) is 0 Å². The average molecular weight is 289 g/mol. The molecule has 21 heavy (non-hydrogen) atoms. The van der Waals surface area contributed by atoms with E-state index in [0.717, 1.165) is 24.2 Å². The number of amides is 1. The number of carbonyl (C=O) groups excluding carboxylic acids is 1. The highest BCUT2D eigenvalue weighted by Gasteiger charge is 2.24. The molecule has 0 saturated carbocycles. The van der Waals surface area contributed by atoms with Gasteiger partial charge in [-0.1, -0.05) is 0 Å². The number of hydrogen-bond donors (Lipinski definition) is 1. The fourth-order valence-electron chi connectivity index (χ4n) is 2.58. The maximum absolute atomic E-state index is 11.7.